The molecule has 1 saturated heterocycles. The van der Waals surface area contributed by atoms with Gasteiger partial charge in [0, 0.05) is 56.1 Å². The Kier molecular flexibility index (Phi) is 7.47. The minimum Gasteiger partial charge on any atom is -0.336 e. The Morgan fingerprint density at radius 3 is 2.38 bits per heavy atom. The standard InChI is InChI=1S/C28H26F3N5O3S/c1-19-17-21(9-10-23(19)34-40(38,39)25-8-2-5-20-6-3-12-33-26(20)25)27(37)36-15-13-35(14-16-36)18-24-22(28(29,30)31)7-4-11-32-24/h2-12,17,34H,13-16,18H2,1H3. The van der Waals surface area contributed by atoms with E-state index in [0.29, 0.717) is 53.9 Å². The maximum absolute atomic E-state index is 13.3. The minimum atomic E-state index is -4.48. The minimum absolute atomic E-state index is 0.0391. The van der Waals surface area contributed by atoms with Crippen molar-refractivity contribution >= 4 is 32.5 Å². The van der Waals surface area contributed by atoms with E-state index in [1.165, 1.54) is 24.5 Å². The van der Waals surface area contributed by atoms with Gasteiger partial charge in [0.1, 0.15) is 4.90 Å². The highest BCUT2D eigenvalue weighted by molar-refractivity contribution is 7.93. The first-order valence-corrected chi connectivity index (χ1v) is 14.0. The third kappa shape index (κ3) is 5.77. The van der Waals surface area contributed by atoms with E-state index >= 15 is 0 Å². The molecule has 0 radical (unpaired) electrons. The van der Waals surface area contributed by atoms with Gasteiger partial charge in [0.15, 0.2) is 0 Å². The molecule has 208 valence electrons. The molecule has 0 unspecified atom stereocenters. The third-order valence-corrected chi connectivity index (χ3v) is 8.23. The van der Waals surface area contributed by atoms with Crippen LogP contribution in [-0.4, -0.2) is 60.3 Å². The Morgan fingerprint density at radius 1 is 0.950 bits per heavy atom. The molecule has 0 atom stereocenters. The van der Waals surface area contributed by atoms with Gasteiger partial charge in [-0.1, -0.05) is 18.2 Å². The lowest BCUT2D eigenvalue weighted by atomic mass is 10.1. The summed E-state index contributed by atoms with van der Waals surface area (Å²) in [6.45, 7) is 3.23. The Morgan fingerprint density at radius 2 is 1.65 bits per heavy atom. The van der Waals surface area contributed by atoms with Crippen LogP contribution >= 0.6 is 0 Å². The van der Waals surface area contributed by atoms with Crippen LogP contribution in [0.2, 0.25) is 0 Å². The van der Waals surface area contributed by atoms with Crippen LogP contribution < -0.4 is 4.72 Å². The number of hydrogen-bond donors (Lipinski definition) is 1. The maximum atomic E-state index is 13.3. The lowest BCUT2D eigenvalue weighted by Crippen LogP contribution is -2.48. The van der Waals surface area contributed by atoms with Crippen molar-refractivity contribution in [2.45, 2.75) is 24.5 Å². The number of carbonyl (C=O) groups excluding carboxylic acids is 1. The molecule has 0 saturated carbocycles. The summed E-state index contributed by atoms with van der Waals surface area (Å²) in [6.07, 6.45) is -1.61. The van der Waals surface area contributed by atoms with Gasteiger partial charge in [-0.15, -0.1) is 0 Å². The SMILES string of the molecule is Cc1cc(C(=O)N2CCN(Cc3ncccc3C(F)(F)F)CC2)ccc1NS(=O)(=O)c1cccc2cccnc12. The highest BCUT2D eigenvalue weighted by Crippen LogP contribution is 2.32. The summed E-state index contributed by atoms with van der Waals surface area (Å²) in [5.74, 6) is -0.232. The summed E-state index contributed by atoms with van der Waals surface area (Å²) in [4.78, 5) is 24.8. The lowest BCUT2D eigenvalue weighted by Gasteiger charge is -2.35. The number of benzene rings is 2. The number of amides is 1. The monoisotopic (exact) mass is 569 g/mol. The topological polar surface area (TPSA) is 95.5 Å². The Balaban J connectivity index is 1.25. The number of aromatic nitrogens is 2. The molecule has 3 heterocycles. The van der Waals surface area contributed by atoms with Crippen LogP contribution in [-0.2, 0) is 22.7 Å². The summed E-state index contributed by atoms with van der Waals surface area (Å²) < 4.78 is 68.9. The van der Waals surface area contributed by atoms with E-state index in [1.54, 1.807) is 54.3 Å². The van der Waals surface area contributed by atoms with Crippen molar-refractivity contribution in [3.63, 3.8) is 0 Å². The summed E-state index contributed by atoms with van der Waals surface area (Å²) >= 11 is 0. The number of nitrogens with one attached hydrogen (secondary N) is 1. The largest absolute Gasteiger partial charge is 0.418 e. The van der Waals surface area contributed by atoms with Crippen molar-refractivity contribution in [2.75, 3.05) is 30.9 Å². The molecule has 4 aromatic rings. The van der Waals surface area contributed by atoms with Gasteiger partial charge in [-0.2, -0.15) is 13.2 Å². The van der Waals surface area contributed by atoms with E-state index in [0.717, 1.165) is 6.07 Å². The molecule has 8 nitrogen and oxygen atoms in total. The van der Waals surface area contributed by atoms with Crippen LogP contribution in [0.25, 0.3) is 10.9 Å². The predicted molar refractivity (Wildman–Crippen MR) is 144 cm³/mol. The number of piperazine rings is 1. The van der Waals surface area contributed by atoms with Crippen LogP contribution in [0.3, 0.4) is 0 Å². The molecule has 1 fully saturated rings. The molecule has 2 aromatic heterocycles. The second-order valence-corrected chi connectivity index (χ2v) is 11.2. The van der Waals surface area contributed by atoms with E-state index < -0.39 is 21.8 Å². The zero-order chi connectivity index (χ0) is 28.5. The number of alkyl halides is 3. The number of rotatable bonds is 6. The van der Waals surface area contributed by atoms with E-state index in [-0.39, 0.29) is 23.0 Å². The Labute approximate surface area is 229 Å². The first-order chi connectivity index (χ1) is 19.0. The molecule has 1 N–H and O–H groups in total. The first kappa shape index (κ1) is 27.5. The summed E-state index contributed by atoms with van der Waals surface area (Å²) in [5.41, 5.74) is 0.865. The molecule has 0 aliphatic carbocycles. The van der Waals surface area contributed by atoms with Gasteiger partial charge in [-0.05, 0) is 55.0 Å². The number of hydrogen-bond acceptors (Lipinski definition) is 6. The zero-order valence-corrected chi connectivity index (χ0v) is 22.3. The van der Waals surface area contributed by atoms with Crippen molar-refractivity contribution in [3.05, 3.63) is 95.4 Å². The van der Waals surface area contributed by atoms with Gasteiger partial charge >= 0.3 is 6.18 Å². The van der Waals surface area contributed by atoms with Gasteiger partial charge in [-0.3, -0.25) is 24.4 Å². The maximum Gasteiger partial charge on any atom is 0.418 e. The van der Waals surface area contributed by atoms with E-state index in [9.17, 15) is 26.4 Å². The number of carbonyl (C=O) groups is 1. The number of aryl methyl sites for hydroxylation is 1. The van der Waals surface area contributed by atoms with Crippen LogP contribution in [0.15, 0.2) is 78.0 Å². The van der Waals surface area contributed by atoms with Crippen LogP contribution in [0.1, 0.15) is 27.2 Å². The number of anilines is 1. The highest BCUT2D eigenvalue weighted by atomic mass is 32.2. The summed E-state index contributed by atoms with van der Waals surface area (Å²) in [6, 6.07) is 15.5. The Hall–Kier alpha value is -4.03. The smallest absolute Gasteiger partial charge is 0.336 e. The molecule has 5 rings (SSSR count). The molecule has 40 heavy (non-hydrogen) atoms. The Bertz CT molecular complexity index is 1660. The van der Waals surface area contributed by atoms with Gasteiger partial charge in [0.25, 0.3) is 15.9 Å². The van der Waals surface area contributed by atoms with Crippen LogP contribution in [0.4, 0.5) is 18.9 Å². The number of fused-ring (bicyclic) bond motifs is 1. The average Bonchev–Trinajstić information content (AvgIpc) is 2.93. The second kappa shape index (κ2) is 10.9. The molecule has 0 spiro atoms. The van der Waals surface area contributed by atoms with E-state index in [2.05, 4.69) is 14.7 Å². The molecule has 1 aliphatic rings. The molecular weight excluding hydrogens is 543 g/mol. The van der Waals surface area contributed by atoms with Crippen molar-refractivity contribution in [1.82, 2.24) is 19.8 Å². The lowest BCUT2D eigenvalue weighted by molar-refractivity contribution is -0.138. The van der Waals surface area contributed by atoms with E-state index in [4.69, 9.17) is 0 Å². The normalized spacial score (nSPS) is 14.8. The van der Waals surface area contributed by atoms with Crippen LogP contribution in [0, 0.1) is 6.92 Å². The number of para-hydroxylation sites is 1. The molecule has 1 aliphatic heterocycles. The average molecular weight is 570 g/mol. The molecule has 0 bridgehead atoms. The highest BCUT2D eigenvalue weighted by Gasteiger charge is 2.34. The summed E-state index contributed by atoms with van der Waals surface area (Å²) in [7, 11) is -3.95. The number of sulfonamides is 1. The first-order valence-electron chi connectivity index (χ1n) is 12.5. The van der Waals surface area contributed by atoms with Crippen molar-refractivity contribution in [1.29, 1.82) is 0 Å². The van der Waals surface area contributed by atoms with Gasteiger partial charge in [-0.25, -0.2) is 8.42 Å². The second-order valence-electron chi connectivity index (χ2n) is 9.53. The van der Waals surface area contributed by atoms with Gasteiger partial charge in [0.2, 0.25) is 0 Å². The molecule has 1 amide bonds. The zero-order valence-electron chi connectivity index (χ0n) is 21.5. The van der Waals surface area contributed by atoms with Gasteiger partial charge < -0.3 is 4.90 Å². The molecular formula is C28H26F3N5O3S. The van der Waals surface area contributed by atoms with Crippen molar-refractivity contribution in [2.24, 2.45) is 0 Å². The quantitative estimate of drug-likeness (QED) is 0.361. The van der Waals surface area contributed by atoms with Crippen molar-refractivity contribution in [3.8, 4) is 0 Å². The number of pyridine rings is 2. The fraction of sp³-hybridized carbons (Fsp3) is 0.250. The molecule has 2 aromatic carbocycles. The number of nitrogens with zero attached hydrogens (tertiary/aromatic N) is 4. The number of halogens is 3. The van der Waals surface area contributed by atoms with Crippen LogP contribution in [0.5, 0.6) is 0 Å². The predicted octanol–water partition coefficient (Wildman–Crippen LogP) is 4.72. The third-order valence-electron chi connectivity index (χ3n) is 6.83. The fourth-order valence-corrected chi connectivity index (χ4v) is 6.04. The molecule has 12 heteroatoms. The van der Waals surface area contributed by atoms with Gasteiger partial charge in [0.05, 0.1) is 22.5 Å². The fourth-order valence-electron chi connectivity index (χ4n) is 4.73. The van der Waals surface area contributed by atoms with Crippen molar-refractivity contribution < 1.29 is 26.4 Å². The van der Waals surface area contributed by atoms with E-state index in [1.807, 2.05) is 4.90 Å². The summed E-state index contributed by atoms with van der Waals surface area (Å²) in [5, 5.41) is 0.698.